The zero-order chi connectivity index (χ0) is 24.2. The van der Waals surface area contributed by atoms with Crippen LogP contribution in [0.3, 0.4) is 0 Å². The second-order valence-electron chi connectivity index (χ2n) is 8.06. The number of benzene rings is 2. The van der Waals surface area contributed by atoms with Gasteiger partial charge in [-0.1, -0.05) is 48.0 Å². The third kappa shape index (κ3) is 8.77. The Morgan fingerprint density at radius 1 is 1.03 bits per heavy atom. The molecule has 0 saturated heterocycles. The van der Waals surface area contributed by atoms with Crippen molar-refractivity contribution in [3.8, 4) is 6.07 Å². The summed E-state index contributed by atoms with van der Waals surface area (Å²) in [5.41, 5.74) is 2.55. The number of carbonyl (C=O) groups is 3. The average molecular weight is 450 g/mol. The van der Waals surface area contributed by atoms with Gasteiger partial charge in [-0.05, 0) is 38.5 Å². The summed E-state index contributed by atoms with van der Waals surface area (Å²) >= 11 is 0. The standard InChI is InChI=1S/C26H31N3O4/c1-19(2)33-26(32)18-23(21-12-10-20(3)11-13-21)28-24(30)14-15-25(31)29(17-7-16-27)22-8-5-4-6-9-22/h4-6,8-13,19,23H,7,14-15,17-18H2,1-3H3,(H,28,30). The van der Waals surface area contributed by atoms with Gasteiger partial charge in [-0.3, -0.25) is 14.4 Å². The molecule has 1 N–H and O–H groups in total. The molecule has 0 radical (unpaired) electrons. The van der Waals surface area contributed by atoms with Crippen LogP contribution >= 0.6 is 0 Å². The highest BCUT2D eigenvalue weighted by molar-refractivity contribution is 5.95. The molecule has 0 heterocycles. The van der Waals surface area contributed by atoms with Crippen LogP contribution in [0.5, 0.6) is 0 Å². The van der Waals surface area contributed by atoms with Crippen molar-refractivity contribution in [2.45, 2.75) is 58.6 Å². The summed E-state index contributed by atoms with van der Waals surface area (Å²) in [5, 5.41) is 11.8. The lowest BCUT2D eigenvalue weighted by atomic mass is 10.0. The zero-order valence-electron chi connectivity index (χ0n) is 19.4. The molecule has 0 aliphatic rings. The number of anilines is 1. The Morgan fingerprint density at radius 2 is 1.70 bits per heavy atom. The minimum atomic E-state index is -0.553. The van der Waals surface area contributed by atoms with Gasteiger partial charge < -0.3 is 15.0 Å². The third-order valence-electron chi connectivity index (χ3n) is 4.93. The fourth-order valence-electron chi connectivity index (χ4n) is 3.32. The molecular formula is C26H31N3O4. The van der Waals surface area contributed by atoms with E-state index in [2.05, 4.69) is 11.4 Å². The van der Waals surface area contributed by atoms with Crippen LogP contribution in [0.2, 0.25) is 0 Å². The summed E-state index contributed by atoms with van der Waals surface area (Å²) in [6.07, 6.45) is -0.0964. The Hall–Kier alpha value is -3.66. The summed E-state index contributed by atoms with van der Waals surface area (Å²) in [4.78, 5) is 39.3. The minimum Gasteiger partial charge on any atom is -0.463 e. The van der Waals surface area contributed by atoms with E-state index in [1.54, 1.807) is 26.0 Å². The molecule has 1 unspecified atom stereocenters. The van der Waals surface area contributed by atoms with E-state index >= 15 is 0 Å². The summed E-state index contributed by atoms with van der Waals surface area (Å²) in [5.74, 6) is -0.976. The van der Waals surface area contributed by atoms with Gasteiger partial charge >= 0.3 is 5.97 Å². The molecule has 0 bridgehead atoms. The highest BCUT2D eigenvalue weighted by atomic mass is 16.5. The van der Waals surface area contributed by atoms with Crippen molar-refractivity contribution in [1.82, 2.24) is 5.32 Å². The van der Waals surface area contributed by atoms with Gasteiger partial charge in [0.25, 0.3) is 0 Å². The molecule has 2 aromatic carbocycles. The molecule has 2 rings (SSSR count). The van der Waals surface area contributed by atoms with E-state index in [1.807, 2.05) is 49.4 Å². The number of carbonyl (C=O) groups excluding carboxylic acids is 3. The molecule has 1 atom stereocenters. The number of nitrogens with one attached hydrogen (secondary N) is 1. The number of ether oxygens (including phenoxy) is 1. The minimum absolute atomic E-state index is 0.000757. The Morgan fingerprint density at radius 3 is 2.30 bits per heavy atom. The van der Waals surface area contributed by atoms with Crippen LogP contribution in [0.25, 0.3) is 0 Å². The van der Waals surface area contributed by atoms with Crippen LogP contribution in [-0.4, -0.2) is 30.4 Å². The summed E-state index contributed by atoms with van der Waals surface area (Å²) < 4.78 is 5.25. The van der Waals surface area contributed by atoms with Gasteiger partial charge in [-0.15, -0.1) is 0 Å². The Bertz CT molecular complexity index is 965. The van der Waals surface area contributed by atoms with Crippen LogP contribution < -0.4 is 10.2 Å². The first-order chi connectivity index (χ1) is 15.8. The van der Waals surface area contributed by atoms with Crippen molar-refractivity contribution < 1.29 is 19.1 Å². The van der Waals surface area contributed by atoms with Crippen molar-refractivity contribution in [2.24, 2.45) is 0 Å². The fourth-order valence-corrected chi connectivity index (χ4v) is 3.32. The lowest BCUT2D eigenvalue weighted by molar-refractivity contribution is -0.148. The van der Waals surface area contributed by atoms with Gasteiger partial charge in [-0.2, -0.15) is 5.26 Å². The SMILES string of the molecule is Cc1ccc(C(CC(=O)OC(C)C)NC(=O)CCC(=O)N(CCC#N)c2ccccc2)cc1. The molecule has 0 aromatic heterocycles. The van der Waals surface area contributed by atoms with E-state index in [0.29, 0.717) is 5.69 Å². The molecule has 2 amide bonds. The first-order valence-electron chi connectivity index (χ1n) is 11.1. The molecule has 33 heavy (non-hydrogen) atoms. The van der Waals surface area contributed by atoms with Gasteiger partial charge in [-0.25, -0.2) is 0 Å². The molecule has 7 nitrogen and oxygen atoms in total. The number of amides is 2. The quantitative estimate of drug-likeness (QED) is 0.518. The average Bonchev–Trinajstić information content (AvgIpc) is 2.78. The Labute approximate surface area is 195 Å². The monoisotopic (exact) mass is 449 g/mol. The number of nitrogens with zero attached hydrogens (tertiary/aromatic N) is 2. The first kappa shape index (κ1) is 25.6. The van der Waals surface area contributed by atoms with Gasteiger partial charge in [0.05, 0.1) is 31.1 Å². The molecule has 0 saturated carbocycles. The number of para-hydroxylation sites is 1. The summed E-state index contributed by atoms with van der Waals surface area (Å²) in [7, 11) is 0. The zero-order valence-corrected chi connectivity index (χ0v) is 19.4. The van der Waals surface area contributed by atoms with E-state index < -0.39 is 12.0 Å². The lowest BCUT2D eigenvalue weighted by Gasteiger charge is -2.22. The van der Waals surface area contributed by atoms with Gasteiger partial charge in [0.15, 0.2) is 0 Å². The van der Waals surface area contributed by atoms with E-state index in [0.717, 1.165) is 11.1 Å². The maximum absolute atomic E-state index is 12.8. The predicted molar refractivity (Wildman–Crippen MR) is 126 cm³/mol. The largest absolute Gasteiger partial charge is 0.463 e. The molecule has 0 aliphatic heterocycles. The van der Waals surface area contributed by atoms with Gasteiger partial charge in [0.1, 0.15) is 0 Å². The molecular weight excluding hydrogens is 418 g/mol. The summed E-state index contributed by atoms with van der Waals surface area (Å²) in [6, 6.07) is 18.1. The number of hydrogen-bond donors (Lipinski definition) is 1. The van der Waals surface area contributed by atoms with Crippen LogP contribution in [0.15, 0.2) is 54.6 Å². The van der Waals surface area contributed by atoms with Crippen molar-refractivity contribution in [2.75, 3.05) is 11.4 Å². The molecule has 2 aromatic rings. The van der Waals surface area contributed by atoms with E-state index in [4.69, 9.17) is 10.00 Å². The predicted octanol–water partition coefficient (Wildman–Crippen LogP) is 4.22. The molecule has 174 valence electrons. The van der Waals surface area contributed by atoms with Crippen LogP contribution in [0.1, 0.15) is 56.7 Å². The van der Waals surface area contributed by atoms with Crippen LogP contribution in [0.4, 0.5) is 5.69 Å². The Kier molecular flexibility index (Phi) is 10.1. The van der Waals surface area contributed by atoms with Crippen molar-refractivity contribution in [1.29, 1.82) is 5.26 Å². The Balaban J connectivity index is 2.04. The van der Waals surface area contributed by atoms with Crippen LogP contribution in [0, 0.1) is 18.3 Å². The second-order valence-corrected chi connectivity index (χ2v) is 8.06. The summed E-state index contributed by atoms with van der Waals surface area (Å²) in [6.45, 7) is 5.76. The van der Waals surface area contributed by atoms with Crippen molar-refractivity contribution in [3.63, 3.8) is 0 Å². The van der Waals surface area contributed by atoms with Gasteiger partial charge in [0.2, 0.25) is 11.8 Å². The van der Waals surface area contributed by atoms with Crippen molar-refractivity contribution >= 4 is 23.5 Å². The molecule has 0 aliphatic carbocycles. The lowest BCUT2D eigenvalue weighted by Crippen LogP contribution is -2.34. The number of nitriles is 1. The van der Waals surface area contributed by atoms with Gasteiger partial charge in [0, 0.05) is 25.1 Å². The highest BCUT2D eigenvalue weighted by Gasteiger charge is 2.22. The number of aryl methyl sites for hydroxylation is 1. The van der Waals surface area contributed by atoms with E-state index in [1.165, 1.54) is 4.90 Å². The number of rotatable bonds is 11. The maximum Gasteiger partial charge on any atom is 0.308 e. The normalized spacial score (nSPS) is 11.4. The molecule has 7 heteroatoms. The molecule has 0 fully saturated rings. The molecule has 0 spiro atoms. The van der Waals surface area contributed by atoms with E-state index in [-0.39, 0.29) is 50.1 Å². The smallest absolute Gasteiger partial charge is 0.308 e. The number of esters is 1. The van der Waals surface area contributed by atoms with Crippen molar-refractivity contribution in [3.05, 3.63) is 65.7 Å². The topological polar surface area (TPSA) is 99.5 Å². The number of hydrogen-bond acceptors (Lipinski definition) is 5. The first-order valence-corrected chi connectivity index (χ1v) is 11.1. The van der Waals surface area contributed by atoms with E-state index in [9.17, 15) is 14.4 Å². The fraction of sp³-hybridized carbons (Fsp3) is 0.385. The van der Waals surface area contributed by atoms with Crippen LogP contribution in [-0.2, 0) is 19.1 Å². The maximum atomic E-state index is 12.8. The highest BCUT2D eigenvalue weighted by Crippen LogP contribution is 2.20. The second kappa shape index (κ2) is 13.0. The third-order valence-corrected chi connectivity index (χ3v) is 4.93.